The van der Waals surface area contributed by atoms with Gasteiger partial charge in [-0.1, -0.05) is 26.7 Å². The van der Waals surface area contributed by atoms with E-state index in [1.807, 2.05) is 13.8 Å². The molecule has 0 aliphatic heterocycles. The van der Waals surface area contributed by atoms with Crippen LogP contribution in [0.25, 0.3) is 0 Å². The molecule has 0 saturated heterocycles. The Morgan fingerprint density at radius 3 is 2.41 bits per heavy atom. The number of amides is 1. The summed E-state index contributed by atoms with van der Waals surface area (Å²) in [6.45, 7) is 5.11. The first-order valence-corrected chi connectivity index (χ1v) is 6.34. The molecular formula is C12H24N2O3. The number of hydrogen-bond donors (Lipinski definition) is 3. The molecule has 1 amide bonds. The van der Waals surface area contributed by atoms with E-state index >= 15 is 0 Å². The van der Waals surface area contributed by atoms with Gasteiger partial charge in [0.05, 0.1) is 0 Å². The quantitative estimate of drug-likeness (QED) is 0.538. The van der Waals surface area contributed by atoms with Crippen molar-refractivity contribution in [1.82, 2.24) is 10.6 Å². The molecule has 0 aromatic carbocycles. The van der Waals surface area contributed by atoms with Crippen molar-refractivity contribution >= 4 is 11.9 Å². The average Bonchev–Trinajstić information content (AvgIpc) is 2.30. The molecular weight excluding hydrogens is 220 g/mol. The van der Waals surface area contributed by atoms with Gasteiger partial charge in [-0.15, -0.1) is 0 Å². The van der Waals surface area contributed by atoms with E-state index in [-0.39, 0.29) is 5.91 Å². The highest BCUT2D eigenvalue weighted by atomic mass is 16.4. The first-order chi connectivity index (χ1) is 8.11. The predicted molar refractivity (Wildman–Crippen MR) is 66.9 cm³/mol. The van der Waals surface area contributed by atoms with Gasteiger partial charge in [0.15, 0.2) is 0 Å². The molecule has 0 saturated carbocycles. The van der Waals surface area contributed by atoms with E-state index in [0.29, 0.717) is 25.9 Å². The van der Waals surface area contributed by atoms with Gasteiger partial charge in [-0.2, -0.15) is 0 Å². The van der Waals surface area contributed by atoms with Crippen LogP contribution >= 0.6 is 0 Å². The highest BCUT2D eigenvalue weighted by Gasteiger charge is 2.15. The minimum Gasteiger partial charge on any atom is -0.480 e. The predicted octanol–water partition coefficient (Wildman–Crippen LogP) is 1.14. The van der Waals surface area contributed by atoms with E-state index in [0.717, 1.165) is 19.3 Å². The van der Waals surface area contributed by atoms with E-state index in [2.05, 4.69) is 10.6 Å². The zero-order valence-corrected chi connectivity index (χ0v) is 10.8. The van der Waals surface area contributed by atoms with Crippen molar-refractivity contribution in [3.63, 3.8) is 0 Å². The molecule has 0 radical (unpaired) electrons. The van der Waals surface area contributed by atoms with Gasteiger partial charge in [-0.25, -0.2) is 0 Å². The second-order valence-corrected chi connectivity index (χ2v) is 4.09. The van der Waals surface area contributed by atoms with Crippen molar-refractivity contribution in [2.75, 3.05) is 13.1 Å². The standard InChI is InChI=1S/C12H24N2O3/c1-3-5-6-10(12(16)17)13-9-7-11(15)14-8-4-2/h10,13H,3-9H2,1-2H3,(H,14,15)(H,16,17). The Kier molecular flexibility index (Phi) is 9.43. The Hall–Kier alpha value is -1.10. The summed E-state index contributed by atoms with van der Waals surface area (Å²) in [7, 11) is 0. The molecule has 0 aromatic heterocycles. The molecule has 0 aliphatic carbocycles. The fraction of sp³-hybridized carbons (Fsp3) is 0.833. The molecule has 5 nitrogen and oxygen atoms in total. The molecule has 5 heteroatoms. The lowest BCUT2D eigenvalue weighted by molar-refractivity contribution is -0.139. The van der Waals surface area contributed by atoms with Crippen LogP contribution < -0.4 is 10.6 Å². The van der Waals surface area contributed by atoms with Gasteiger partial charge in [0.2, 0.25) is 5.91 Å². The van der Waals surface area contributed by atoms with Crippen LogP contribution in [0.15, 0.2) is 0 Å². The van der Waals surface area contributed by atoms with Crippen LogP contribution in [0.4, 0.5) is 0 Å². The summed E-state index contributed by atoms with van der Waals surface area (Å²) >= 11 is 0. The maximum atomic E-state index is 11.3. The van der Waals surface area contributed by atoms with Gasteiger partial charge in [0.1, 0.15) is 6.04 Å². The molecule has 3 N–H and O–H groups in total. The lowest BCUT2D eigenvalue weighted by Crippen LogP contribution is -2.39. The normalized spacial score (nSPS) is 12.1. The molecule has 0 fully saturated rings. The van der Waals surface area contributed by atoms with Crippen LogP contribution in [-0.4, -0.2) is 36.1 Å². The van der Waals surface area contributed by atoms with Gasteiger partial charge >= 0.3 is 5.97 Å². The fourth-order valence-corrected chi connectivity index (χ4v) is 1.43. The van der Waals surface area contributed by atoms with E-state index in [9.17, 15) is 9.59 Å². The first-order valence-electron chi connectivity index (χ1n) is 6.34. The van der Waals surface area contributed by atoms with Crippen LogP contribution in [0, 0.1) is 0 Å². The number of nitrogens with one attached hydrogen (secondary N) is 2. The molecule has 0 rings (SSSR count). The van der Waals surface area contributed by atoms with Crippen molar-refractivity contribution in [3.05, 3.63) is 0 Å². The third-order valence-corrected chi connectivity index (χ3v) is 2.46. The lowest BCUT2D eigenvalue weighted by Gasteiger charge is -2.13. The third kappa shape index (κ3) is 8.68. The minimum absolute atomic E-state index is 0.0287. The minimum atomic E-state index is -0.840. The van der Waals surface area contributed by atoms with Crippen LogP contribution in [0.2, 0.25) is 0 Å². The smallest absolute Gasteiger partial charge is 0.320 e. The number of carboxylic acids is 1. The summed E-state index contributed by atoms with van der Waals surface area (Å²) in [6, 6.07) is -0.533. The first kappa shape index (κ1) is 15.9. The fourth-order valence-electron chi connectivity index (χ4n) is 1.43. The lowest BCUT2D eigenvalue weighted by atomic mass is 10.1. The van der Waals surface area contributed by atoms with Crippen LogP contribution in [0.3, 0.4) is 0 Å². The topological polar surface area (TPSA) is 78.4 Å². The van der Waals surface area contributed by atoms with E-state index in [1.54, 1.807) is 0 Å². The number of carboxylic acid groups (broad SMARTS) is 1. The second-order valence-electron chi connectivity index (χ2n) is 4.09. The molecule has 0 heterocycles. The number of aliphatic carboxylic acids is 1. The zero-order valence-electron chi connectivity index (χ0n) is 10.8. The molecule has 17 heavy (non-hydrogen) atoms. The average molecular weight is 244 g/mol. The summed E-state index contributed by atoms with van der Waals surface area (Å²) in [5.74, 6) is -0.869. The van der Waals surface area contributed by atoms with Crippen molar-refractivity contribution < 1.29 is 14.7 Å². The van der Waals surface area contributed by atoms with E-state index < -0.39 is 12.0 Å². The van der Waals surface area contributed by atoms with Crippen LogP contribution in [0.5, 0.6) is 0 Å². The van der Waals surface area contributed by atoms with Gasteiger partial charge in [0.25, 0.3) is 0 Å². The summed E-state index contributed by atoms with van der Waals surface area (Å²) in [5.41, 5.74) is 0. The molecule has 0 spiro atoms. The van der Waals surface area contributed by atoms with E-state index in [1.165, 1.54) is 0 Å². The number of unbranched alkanes of at least 4 members (excludes halogenated alkanes) is 1. The Morgan fingerprint density at radius 1 is 1.18 bits per heavy atom. The molecule has 100 valence electrons. The van der Waals surface area contributed by atoms with Gasteiger partial charge in [0, 0.05) is 19.5 Å². The van der Waals surface area contributed by atoms with Crippen LogP contribution in [0.1, 0.15) is 46.0 Å². The molecule has 0 bridgehead atoms. The van der Waals surface area contributed by atoms with Crippen LogP contribution in [-0.2, 0) is 9.59 Å². The third-order valence-electron chi connectivity index (χ3n) is 2.46. The summed E-state index contributed by atoms with van der Waals surface area (Å²) in [6.07, 6.45) is 3.71. The Bertz CT molecular complexity index is 232. The van der Waals surface area contributed by atoms with Gasteiger partial charge < -0.3 is 15.7 Å². The summed E-state index contributed by atoms with van der Waals surface area (Å²) < 4.78 is 0. The van der Waals surface area contributed by atoms with Crippen molar-refractivity contribution in [2.45, 2.75) is 52.0 Å². The Labute approximate surface area is 103 Å². The maximum absolute atomic E-state index is 11.3. The Morgan fingerprint density at radius 2 is 1.88 bits per heavy atom. The molecule has 1 unspecified atom stereocenters. The van der Waals surface area contributed by atoms with E-state index in [4.69, 9.17) is 5.11 Å². The zero-order chi connectivity index (χ0) is 13.1. The summed E-state index contributed by atoms with van der Waals surface area (Å²) in [5, 5.41) is 14.6. The van der Waals surface area contributed by atoms with Crippen molar-refractivity contribution in [3.8, 4) is 0 Å². The summed E-state index contributed by atoms with van der Waals surface area (Å²) in [4.78, 5) is 22.2. The van der Waals surface area contributed by atoms with Gasteiger partial charge in [-0.05, 0) is 12.8 Å². The number of rotatable bonds is 10. The molecule has 0 aromatic rings. The highest BCUT2D eigenvalue weighted by molar-refractivity contribution is 5.76. The molecule has 1 atom stereocenters. The number of hydrogen-bond acceptors (Lipinski definition) is 3. The SMILES string of the molecule is CCCCC(NCCC(=O)NCCC)C(=O)O. The Balaban J connectivity index is 3.73. The van der Waals surface area contributed by atoms with Crippen molar-refractivity contribution in [2.24, 2.45) is 0 Å². The second kappa shape index (κ2) is 10.1. The van der Waals surface area contributed by atoms with Crippen molar-refractivity contribution in [1.29, 1.82) is 0 Å². The maximum Gasteiger partial charge on any atom is 0.320 e. The number of carbonyl (C=O) groups is 2. The molecule has 0 aliphatic rings. The monoisotopic (exact) mass is 244 g/mol. The number of carbonyl (C=O) groups excluding carboxylic acids is 1. The highest BCUT2D eigenvalue weighted by Crippen LogP contribution is 2.00. The largest absolute Gasteiger partial charge is 0.480 e. The van der Waals surface area contributed by atoms with Gasteiger partial charge in [-0.3, -0.25) is 9.59 Å².